The van der Waals surface area contributed by atoms with Crippen molar-refractivity contribution < 1.29 is 8.81 Å². The summed E-state index contributed by atoms with van der Waals surface area (Å²) in [5, 5.41) is 4.58. The molecule has 1 aliphatic rings. The molecule has 1 aliphatic heterocycles. The molecule has 0 bridgehead atoms. The highest BCUT2D eigenvalue weighted by Crippen LogP contribution is 2.43. The van der Waals surface area contributed by atoms with E-state index in [2.05, 4.69) is 10.3 Å². The lowest BCUT2D eigenvalue weighted by Gasteiger charge is -2.26. The van der Waals surface area contributed by atoms with Crippen molar-refractivity contribution >= 4 is 46.2 Å². The molecule has 2 aromatic heterocycles. The quantitative estimate of drug-likeness (QED) is 0.317. The summed E-state index contributed by atoms with van der Waals surface area (Å²) in [5.74, 6) is 0.849. The molecule has 0 amide bonds. The van der Waals surface area contributed by atoms with Gasteiger partial charge in [0.1, 0.15) is 23.4 Å². The van der Waals surface area contributed by atoms with Gasteiger partial charge in [0.15, 0.2) is 5.11 Å². The molecular weight excluding hydrogens is 468 g/mol. The SMILES string of the molecule is Fc1ccccc1N1C(=S)N[C@@H](c2ccccn2)[C@H]1c1ccc(-c2ccc(Cl)c(Cl)c2)o1. The molecule has 0 aliphatic carbocycles. The number of para-hydroxylation sites is 1. The highest BCUT2D eigenvalue weighted by Gasteiger charge is 2.43. The first kappa shape index (κ1) is 20.9. The Balaban J connectivity index is 1.61. The number of hydrogen-bond acceptors (Lipinski definition) is 3. The maximum absolute atomic E-state index is 14.8. The second-order valence-electron chi connectivity index (χ2n) is 7.28. The van der Waals surface area contributed by atoms with Gasteiger partial charge in [0.05, 0.1) is 27.5 Å². The van der Waals surface area contributed by atoms with E-state index in [-0.39, 0.29) is 11.9 Å². The Hall–Kier alpha value is -2.93. The molecule has 2 aromatic carbocycles. The number of hydrogen-bond donors (Lipinski definition) is 1. The Bertz CT molecular complexity index is 1300. The van der Waals surface area contributed by atoms with E-state index < -0.39 is 6.04 Å². The van der Waals surface area contributed by atoms with Crippen molar-refractivity contribution in [3.05, 3.63) is 106 Å². The number of benzene rings is 2. The van der Waals surface area contributed by atoms with Crippen LogP contribution in [0.2, 0.25) is 10.0 Å². The van der Waals surface area contributed by atoms with Gasteiger partial charge in [-0.2, -0.15) is 0 Å². The number of rotatable bonds is 4. The smallest absolute Gasteiger partial charge is 0.174 e. The summed E-state index contributed by atoms with van der Waals surface area (Å²) in [5.41, 5.74) is 1.91. The summed E-state index contributed by atoms with van der Waals surface area (Å²) in [4.78, 5) is 6.23. The van der Waals surface area contributed by atoms with E-state index in [1.165, 1.54) is 6.07 Å². The first-order valence-corrected chi connectivity index (χ1v) is 11.0. The first-order valence-electron chi connectivity index (χ1n) is 9.83. The van der Waals surface area contributed by atoms with Crippen LogP contribution in [0, 0.1) is 5.82 Å². The van der Waals surface area contributed by atoms with E-state index in [1.54, 1.807) is 41.4 Å². The summed E-state index contributed by atoms with van der Waals surface area (Å²) in [6, 6.07) is 20.4. The number of pyridine rings is 1. The Morgan fingerprint density at radius 2 is 1.78 bits per heavy atom. The van der Waals surface area contributed by atoms with Crippen LogP contribution in [0.3, 0.4) is 0 Å². The molecule has 0 spiro atoms. The lowest BCUT2D eigenvalue weighted by Crippen LogP contribution is -2.30. The zero-order chi connectivity index (χ0) is 22.2. The van der Waals surface area contributed by atoms with Crippen LogP contribution < -0.4 is 10.2 Å². The van der Waals surface area contributed by atoms with E-state index in [0.717, 1.165) is 11.3 Å². The molecule has 0 saturated carbocycles. The molecule has 1 N–H and O–H groups in total. The lowest BCUT2D eigenvalue weighted by atomic mass is 10.0. The third-order valence-corrected chi connectivity index (χ3v) is 6.39. The Morgan fingerprint density at radius 3 is 2.53 bits per heavy atom. The number of nitrogens with zero attached hydrogens (tertiary/aromatic N) is 2. The zero-order valence-corrected chi connectivity index (χ0v) is 18.8. The topological polar surface area (TPSA) is 41.3 Å². The highest BCUT2D eigenvalue weighted by molar-refractivity contribution is 7.80. The number of nitrogens with one attached hydrogen (secondary N) is 1. The van der Waals surface area contributed by atoms with Crippen LogP contribution in [0.1, 0.15) is 23.5 Å². The molecule has 4 nitrogen and oxygen atoms in total. The van der Waals surface area contributed by atoms with E-state index in [4.69, 9.17) is 39.8 Å². The second-order valence-corrected chi connectivity index (χ2v) is 8.48. The monoisotopic (exact) mass is 483 g/mol. The second kappa shape index (κ2) is 8.54. The van der Waals surface area contributed by atoms with Crippen LogP contribution in [0.4, 0.5) is 10.1 Å². The fourth-order valence-corrected chi connectivity index (χ4v) is 4.50. The summed E-state index contributed by atoms with van der Waals surface area (Å²) >= 11 is 17.8. The average Bonchev–Trinajstić information content (AvgIpc) is 3.41. The standard InChI is InChI=1S/C24H16Cl2FN3OS/c25-15-9-8-14(13-16(15)26)20-10-11-21(31-20)23-22(18-6-3-4-12-28-18)29-24(32)30(23)19-7-2-1-5-17(19)27/h1-13,22-23H,(H,29,32)/t22-,23+/m0/s1. The van der Waals surface area contributed by atoms with Gasteiger partial charge in [-0.25, -0.2) is 4.39 Å². The van der Waals surface area contributed by atoms with Crippen LogP contribution in [-0.4, -0.2) is 10.1 Å². The molecule has 5 rings (SSSR count). The van der Waals surface area contributed by atoms with Gasteiger partial charge in [-0.3, -0.25) is 4.98 Å². The molecule has 4 aromatic rings. The largest absolute Gasteiger partial charge is 0.459 e. The minimum atomic E-state index is -0.453. The van der Waals surface area contributed by atoms with Crippen molar-refractivity contribution in [2.45, 2.75) is 12.1 Å². The Morgan fingerprint density at radius 1 is 0.969 bits per heavy atom. The van der Waals surface area contributed by atoms with Crippen LogP contribution in [0.25, 0.3) is 11.3 Å². The van der Waals surface area contributed by atoms with Crippen molar-refractivity contribution in [2.24, 2.45) is 0 Å². The van der Waals surface area contributed by atoms with Crippen molar-refractivity contribution in [1.29, 1.82) is 0 Å². The van der Waals surface area contributed by atoms with Gasteiger partial charge in [0, 0.05) is 11.8 Å². The predicted molar refractivity (Wildman–Crippen MR) is 128 cm³/mol. The first-order chi connectivity index (χ1) is 15.5. The van der Waals surface area contributed by atoms with Gasteiger partial charge in [-0.15, -0.1) is 0 Å². The molecule has 2 atom stereocenters. The van der Waals surface area contributed by atoms with E-state index >= 15 is 0 Å². The summed E-state index contributed by atoms with van der Waals surface area (Å²) < 4.78 is 21.0. The number of thiocarbonyl (C=S) groups is 1. The molecule has 1 saturated heterocycles. The normalized spacial score (nSPS) is 18.1. The van der Waals surface area contributed by atoms with Gasteiger partial charge in [-0.1, -0.05) is 41.4 Å². The minimum Gasteiger partial charge on any atom is -0.459 e. The third kappa shape index (κ3) is 3.75. The van der Waals surface area contributed by atoms with Crippen LogP contribution in [-0.2, 0) is 0 Å². The number of furan rings is 1. The molecule has 0 unspecified atom stereocenters. The van der Waals surface area contributed by atoms with E-state index in [1.807, 2.05) is 36.4 Å². The maximum atomic E-state index is 14.8. The summed E-state index contributed by atoms with van der Waals surface area (Å²) in [6.45, 7) is 0. The van der Waals surface area contributed by atoms with E-state index in [9.17, 15) is 4.39 Å². The van der Waals surface area contributed by atoms with Crippen molar-refractivity contribution in [1.82, 2.24) is 10.3 Å². The van der Waals surface area contributed by atoms with Crippen molar-refractivity contribution in [2.75, 3.05) is 4.90 Å². The van der Waals surface area contributed by atoms with Crippen LogP contribution >= 0.6 is 35.4 Å². The molecule has 1 fully saturated rings. The zero-order valence-electron chi connectivity index (χ0n) is 16.5. The lowest BCUT2D eigenvalue weighted by molar-refractivity contribution is 0.438. The van der Waals surface area contributed by atoms with Gasteiger partial charge < -0.3 is 14.6 Å². The number of anilines is 1. The average molecular weight is 484 g/mol. The molecule has 160 valence electrons. The Kier molecular flexibility index (Phi) is 5.59. The van der Waals surface area contributed by atoms with Gasteiger partial charge >= 0.3 is 0 Å². The minimum absolute atomic E-state index is 0.337. The predicted octanol–water partition coefficient (Wildman–Crippen LogP) is 6.96. The van der Waals surface area contributed by atoms with Gasteiger partial charge in [0.25, 0.3) is 0 Å². The number of halogens is 3. The van der Waals surface area contributed by atoms with Crippen LogP contribution in [0.5, 0.6) is 0 Å². The Labute approximate surface area is 199 Å². The highest BCUT2D eigenvalue weighted by atomic mass is 35.5. The van der Waals surface area contributed by atoms with Gasteiger partial charge in [0.2, 0.25) is 0 Å². The summed E-state index contributed by atoms with van der Waals surface area (Å²) in [7, 11) is 0. The molecule has 0 radical (unpaired) electrons. The van der Waals surface area contributed by atoms with E-state index in [0.29, 0.717) is 32.4 Å². The molecule has 32 heavy (non-hydrogen) atoms. The van der Waals surface area contributed by atoms with Crippen molar-refractivity contribution in [3.8, 4) is 11.3 Å². The fourth-order valence-electron chi connectivity index (χ4n) is 3.87. The summed E-state index contributed by atoms with van der Waals surface area (Å²) in [6.07, 6.45) is 1.71. The maximum Gasteiger partial charge on any atom is 0.174 e. The molecule has 3 heterocycles. The molecule has 8 heteroatoms. The molecular formula is C24H16Cl2FN3OS. The fraction of sp³-hybridized carbons (Fsp3) is 0.0833. The van der Waals surface area contributed by atoms with Gasteiger partial charge in [-0.05, 0) is 66.8 Å². The van der Waals surface area contributed by atoms with Crippen molar-refractivity contribution in [3.63, 3.8) is 0 Å². The number of aromatic nitrogens is 1. The third-order valence-electron chi connectivity index (χ3n) is 5.33. The van der Waals surface area contributed by atoms with Crippen LogP contribution in [0.15, 0.2) is 83.4 Å².